The van der Waals surface area contributed by atoms with Crippen LogP contribution in [-0.2, 0) is 0 Å². The van der Waals surface area contributed by atoms with Crippen molar-refractivity contribution in [3.8, 4) is 0 Å². The highest BCUT2D eigenvalue weighted by atomic mass is 16.4. The molecule has 0 radical (unpaired) electrons. The molecule has 0 bridgehead atoms. The molecule has 1 heterocycles. The van der Waals surface area contributed by atoms with Crippen molar-refractivity contribution in [1.29, 1.82) is 0 Å². The lowest BCUT2D eigenvalue weighted by Crippen LogP contribution is -2.48. The number of nitrogens with zero attached hydrogens (tertiary/aromatic N) is 1. The van der Waals surface area contributed by atoms with Gasteiger partial charge in [0.05, 0.1) is 5.56 Å². The lowest BCUT2D eigenvalue weighted by atomic mass is 9.96. The standard InChI is InChI=1S/C12H13NO2/c14-11(15)9-1-3-10(4-2-9)13-7-12(8-13)5-6-12/h1-4H,5-8H2,(H,14,15). The van der Waals surface area contributed by atoms with Gasteiger partial charge in [0.15, 0.2) is 0 Å². The zero-order chi connectivity index (χ0) is 10.5. The molecular weight excluding hydrogens is 190 g/mol. The Bertz CT molecular complexity index is 398. The number of hydrogen-bond acceptors (Lipinski definition) is 2. The smallest absolute Gasteiger partial charge is 0.335 e. The summed E-state index contributed by atoms with van der Waals surface area (Å²) in [6.45, 7) is 2.30. The highest BCUT2D eigenvalue weighted by Gasteiger charge is 2.52. The Labute approximate surface area is 88.3 Å². The molecule has 1 aliphatic heterocycles. The van der Waals surface area contributed by atoms with Crippen LogP contribution in [0, 0.1) is 5.41 Å². The molecule has 0 atom stereocenters. The van der Waals surface area contributed by atoms with E-state index in [1.807, 2.05) is 12.1 Å². The quantitative estimate of drug-likeness (QED) is 0.799. The Kier molecular flexibility index (Phi) is 1.61. The van der Waals surface area contributed by atoms with Crippen LogP contribution in [0.4, 0.5) is 5.69 Å². The van der Waals surface area contributed by atoms with Crippen LogP contribution in [0.3, 0.4) is 0 Å². The first kappa shape index (κ1) is 8.77. The molecule has 0 aromatic heterocycles. The van der Waals surface area contributed by atoms with Crippen molar-refractivity contribution in [3.05, 3.63) is 29.8 Å². The van der Waals surface area contributed by atoms with Crippen LogP contribution < -0.4 is 4.90 Å². The van der Waals surface area contributed by atoms with Crippen LogP contribution in [0.1, 0.15) is 23.2 Å². The number of aromatic carboxylic acids is 1. The second kappa shape index (κ2) is 2.75. The van der Waals surface area contributed by atoms with Crippen LogP contribution in [0.15, 0.2) is 24.3 Å². The minimum atomic E-state index is -0.858. The Morgan fingerprint density at radius 1 is 1.20 bits per heavy atom. The third kappa shape index (κ3) is 1.39. The van der Waals surface area contributed by atoms with Crippen LogP contribution in [0.5, 0.6) is 0 Å². The van der Waals surface area contributed by atoms with Crippen LogP contribution in [-0.4, -0.2) is 24.2 Å². The molecule has 78 valence electrons. The second-order valence-corrected chi connectivity index (χ2v) is 4.71. The molecule has 1 aliphatic carbocycles. The zero-order valence-corrected chi connectivity index (χ0v) is 8.44. The molecule has 1 aromatic rings. The van der Waals surface area contributed by atoms with E-state index < -0.39 is 5.97 Å². The molecule has 3 heteroatoms. The third-order valence-electron chi connectivity index (χ3n) is 3.49. The summed E-state index contributed by atoms with van der Waals surface area (Å²) in [5.41, 5.74) is 2.16. The maximum Gasteiger partial charge on any atom is 0.335 e. The molecule has 2 aliphatic rings. The van der Waals surface area contributed by atoms with Gasteiger partial charge in [-0.05, 0) is 37.1 Å². The van der Waals surface area contributed by atoms with E-state index in [0.717, 1.165) is 18.8 Å². The highest BCUT2D eigenvalue weighted by Crippen LogP contribution is 2.53. The van der Waals surface area contributed by atoms with E-state index in [1.54, 1.807) is 12.1 Å². The maximum atomic E-state index is 10.7. The van der Waals surface area contributed by atoms with Gasteiger partial charge in [-0.3, -0.25) is 0 Å². The van der Waals surface area contributed by atoms with Crippen molar-refractivity contribution >= 4 is 11.7 Å². The SMILES string of the molecule is O=C(O)c1ccc(N2CC3(CC3)C2)cc1. The predicted molar refractivity (Wildman–Crippen MR) is 57.3 cm³/mol. The van der Waals surface area contributed by atoms with Gasteiger partial charge in [-0.25, -0.2) is 4.79 Å². The van der Waals surface area contributed by atoms with E-state index >= 15 is 0 Å². The van der Waals surface area contributed by atoms with E-state index in [0.29, 0.717) is 11.0 Å². The summed E-state index contributed by atoms with van der Waals surface area (Å²) in [5.74, 6) is -0.858. The van der Waals surface area contributed by atoms with Crippen LogP contribution in [0.2, 0.25) is 0 Å². The van der Waals surface area contributed by atoms with Gasteiger partial charge < -0.3 is 10.0 Å². The van der Waals surface area contributed by atoms with Crippen LogP contribution >= 0.6 is 0 Å². The normalized spacial score (nSPS) is 21.2. The molecule has 1 N–H and O–H groups in total. The van der Waals surface area contributed by atoms with Crippen molar-refractivity contribution < 1.29 is 9.90 Å². The first-order valence-corrected chi connectivity index (χ1v) is 5.27. The average molecular weight is 203 g/mol. The Morgan fingerprint density at radius 2 is 1.80 bits per heavy atom. The Hall–Kier alpha value is -1.51. The van der Waals surface area contributed by atoms with Crippen molar-refractivity contribution in [3.63, 3.8) is 0 Å². The minimum absolute atomic E-state index is 0.361. The molecule has 1 aromatic carbocycles. The second-order valence-electron chi connectivity index (χ2n) is 4.71. The van der Waals surface area contributed by atoms with Gasteiger partial charge in [-0.15, -0.1) is 0 Å². The molecular formula is C12H13NO2. The molecule has 0 amide bonds. The number of hydrogen-bond donors (Lipinski definition) is 1. The molecule has 1 spiro atoms. The van der Waals surface area contributed by atoms with E-state index in [-0.39, 0.29) is 0 Å². The zero-order valence-electron chi connectivity index (χ0n) is 8.44. The number of rotatable bonds is 2. The number of carboxylic acid groups (broad SMARTS) is 1. The first-order valence-electron chi connectivity index (χ1n) is 5.27. The summed E-state index contributed by atoms with van der Waals surface area (Å²) in [5, 5.41) is 8.76. The predicted octanol–water partition coefficient (Wildman–Crippen LogP) is 1.98. The molecule has 3 nitrogen and oxygen atoms in total. The van der Waals surface area contributed by atoms with Crippen molar-refractivity contribution in [2.45, 2.75) is 12.8 Å². The number of carbonyl (C=O) groups is 1. The van der Waals surface area contributed by atoms with Gasteiger partial charge in [-0.1, -0.05) is 0 Å². The fourth-order valence-electron chi connectivity index (χ4n) is 2.25. The van der Waals surface area contributed by atoms with Gasteiger partial charge in [0.2, 0.25) is 0 Å². The van der Waals surface area contributed by atoms with Gasteiger partial charge in [0.1, 0.15) is 0 Å². The van der Waals surface area contributed by atoms with Gasteiger partial charge >= 0.3 is 5.97 Å². The molecule has 1 saturated carbocycles. The monoisotopic (exact) mass is 203 g/mol. The average Bonchev–Trinajstić information content (AvgIpc) is 2.95. The van der Waals surface area contributed by atoms with Crippen LogP contribution in [0.25, 0.3) is 0 Å². The summed E-state index contributed by atoms with van der Waals surface area (Å²) in [7, 11) is 0. The molecule has 1 saturated heterocycles. The first-order chi connectivity index (χ1) is 7.19. The van der Waals surface area contributed by atoms with E-state index in [1.165, 1.54) is 12.8 Å². The topological polar surface area (TPSA) is 40.5 Å². The summed E-state index contributed by atoms with van der Waals surface area (Å²) < 4.78 is 0. The molecule has 2 fully saturated rings. The lowest BCUT2D eigenvalue weighted by Gasteiger charge is -2.41. The van der Waals surface area contributed by atoms with Gasteiger partial charge in [0.25, 0.3) is 0 Å². The number of anilines is 1. The largest absolute Gasteiger partial charge is 0.478 e. The summed E-state index contributed by atoms with van der Waals surface area (Å²) >= 11 is 0. The maximum absolute atomic E-state index is 10.7. The van der Waals surface area contributed by atoms with E-state index in [2.05, 4.69) is 4.90 Å². The number of benzene rings is 1. The highest BCUT2D eigenvalue weighted by molar-refractivity contribution is 5.88. The molecule has 3 rings (SSSR count). The molecule has 15 heavy (non-hydrogen) atoms. The lowest BCUT2D eigenvalue weighted by molar-refractivity contribution is 0.0697. The van der Waals surface area contributed by atoms with E-state index in [4.69, 9.17) is 5.11 Å². The Balaban J connectivity index is 1.74. The van der Waals surface area contributed by atoms with Gasteiger partial charge in [-0.2, -0.15) is 0 Å². The minimum Gasteiger partial charge on any atom is -0.478 e. The number of carboxylic acids is 1. The fraction of sp³-hybridized carbons (Fsp3) is 0.417. The fourth-order valence-corrected chi connectivity index (χ4v) is 2.25. The van der Waals surface area contributed by atoms with Crippen molar-refractivity contribution in [2.24, 2.45) is 5.41 Å². The summed E-state index contributed by atoms with van der Waals surface area (Å²) in [6, 6.07) is 7.16. The van der Waals surface area contributed by atoms with Gasteiger partial charge in [0, 0.05) is 24.2 Å². The summed E-state index contributed by atoms with van der Waals surface area (Å²) in [4.78, 5) is 13.0. The molecule has 0 unspecified atom stereocenters. The third-order valence-corrected chi connectivity index (χ3v) is 3.49. The van der Waals surface area contributed by atoms with Crippen molar-refractivity contribution in [2.75, 3.05) is 18.0 Å². The Morgan fingerprint density at radius 3 is 2.27 bits per heavy atom. The van der Waals surface area contributed by atoms with E-state index in [9.17, 15) is 4.79 Å². The summed E-state index contributed by atoms with van der Waals surface area (Å²) in [6.07, 6.45) is 2.74. The van der Waals surface area contributed by atoms with Crippen molar-refractivity contribution in [1.82, 2.24) is 0 Å².